The average Bonchev–Trinajstić information content (AvgIpc) is 3.08. The third-order valence-corrected chi connectivity index (χ3v) is 6.06. The number of aryl methyl sites for hydroxylation is 1. The fraction of sp³-hybridized carbons (Fsp3) is 0.429. The summed E-state index contributed by atoms with van der Waals surface area (Å²) in [5, 5.41) is 6.13. The summed E-state index contributed by atoms with van der Waals surface area (Å²) in [7, 11) is 3.05. The molecule has 0 spiro atoms. The van der Waals surface area contributed by atoms with Crippen LogP contribution in [-0.2, 0) is 17.6 Å². The second-order valence-corrected chi connectivity index (χ2v) is 7.92. The zero-order chi connectivity index (χ0) is 20.8. The Hall–Kier alpha value is -2.45. The Labute approximate surface area is 173 Å². The van der Waals surface area contributed by atoms with Gasteiger partial charge in [-0.3, -0.25) is 9.59 Å². The van der Waals surface area contributed by atoms with Crippen LogP contribution in [0.1, 0.15) is 50.4 Å². The Kier molecular flexibility index (Phi) is 7.22. The third-order valence-electron chi connectivity index (χ3n) is 4.86. The topological polar surface area (TPSA) is 76.7 Å². The molecule has 1 aliphatic carbocycles. The van der Waals surface area contributed by atoms with Gasteiger partial charge in [0.25, 0.3) is 11.8 Å². The lowest BCUT2D eigenvalue weighted by atomic mass is 9.95. The molecule has 2 aromatic rings. The standard InChI is InChI=1S/C21H25FN2O4S/c1-27-11-5-10-23-20(26)18-15-6-3-4-7-17(15)29-21(18)24-19(25)14-9-8-13(28-2)12-16(14)22/h8-9,12H,3-7,10-11H2,1-2H3,(H,23,26)(H,24,25). The van der Waals surface area contributed by atoms with Gasteiger partial charge in [0.15, 0.2) is 0 Å². The lowest BCUT2D eigenvalue weighted by Gasteiger charge is -2.13. The highest BCUT2D eigenvalue weighted by Crippen LogP contribution is 2.38. The Bertz CT molecular complexity index is 897. The minimum atomic E-state index is -0.672. The van der Waals surface area contributed by atoms with Crippen molar-refractivity contribution in [2.24, 2.45) is 0 Å². The van der Waals surface area contributed by atoms with Gasteiger partial charge >= 0.3 is 0 Å². The molecular formula is C21H25FN2O4S. The van der Waals surface area contributed by atoms with Gasteiger partial charge in [-0.25, -0.2) is 4.39 Å². The van der Waals surface area contributed by atoms with Crippen molar-refractivity contribution in [1.29, 1.82) is 0 Å². The maximum Gasteiger partial charge on any atom is 0.259 e. The number of carbonyl (C=O) groups is 2. The first-order valence-electron chi connectivity index (χ1n) is 9.61. The molecule has 0 saturated heterocycles. The molecule has 1 aliphatic rings. The number of anilines is 1. The molecule has 2 amide bonds. The molecule has 6 nitrogen and oxygen atoms in total. The van der Waals surface area contributed by atoms with Crippen molar-refractivity contribution in [2.45, 2.75) is 32.1 Å². The van der Waals surface area contributed by atoms with Crippen LogP contribution in [0.25, 0.3) is 0 Å². The van der Waals surface area contributed by atoms with E-state index in [-0.39, 0.29) is 11.5 Å². The molecule has 0 unspecified atom stereocenters. The smallest absolute Gasteiger partial charge is 0.259 e. The van der Waals surface area contributed by atoms with E-state index < -0.39 is 11.7 Å². The quantitative estimate of drug-likeness (QED) is 0.637. The molecule has 156 valence electrons. The van der Waals surface area contributed by atoms with E-state index in [1.54, 1.807) is 7.11 Å². The van der Waals surface area contributed by atoms with Crippen molar-refractivity contribution in [3.05, 3.63) is 45.6 Å². The Morgan fingerprint density at radius 3 is 2.69 bits per heavy atom. The fourth-order valence-corrected chi connectivity index (χ4v) is 4.66. The fourth-order valence-electron chi connectivity index (χ4n) is 3.38. The molecule has 0 bridgehead atoms. The number of rotatable bonds is 8. The number of methoxy groups -OCH3 is 2. The summed E-state index contributed by atoms with van der Waals surface area (Å²) in [5.41, 5.74) is 1.41. The van der Waals surface area contributed by atoms with Gasteiger partial charge in [-0.2, -0.15) is 0 Å². The van der Waals surface area contributed by atoms with E-state index in [1.807, 2.05) is 0 Å². The van der Waals surface area contributed by atoms with Crippen molar-refractivity contribution < 1.29 is 23.5 Å². The first kappa shape index (κ1) is 21.3. The van der Waals surface area contributed by atoms with Crippen LogP contribution in [0.15, 0.2) is 18.2 Å². The summed E-state index contributed by atoms with van der Waals surface area (Å²) in [6.45, 7) is 1.04. The van der Waals surface area contributed by atoms with E-state index in [9.17, 15) is 14.0 Å². The van der Waals surface area contributed by atoms with Crippen molar-refractivity contribution in [3.63, 3.8) is 0 Å². The molecule has 0 saturated carbocycles. The molecule has 2 N–H and O–H groups in total. The summed E-state index contributed by atoms with van der Waals surface area (Å²) >= 11 is 1.41. The van der Waals surface area contributed by atoms with Gasteiger partial charge in [0.05, 0.1) is 18.2 Å². The highest BCUT2D eigenvalue weighted by Gasteiger charge is 2.27. The molecule has 0 atom stereocenters. The number of benzene rings is 1. The van der Waals surface area contributed by atoms with E-state index in [4.69, 9.17) is 9.47 Å². The normalized spacial score (nSPS) is 12.9. The largest absolute Gasteiger partial charge is 0.497 e. The first-order valence-corrected chi connectivity index (χ1v) is 10.4. The van der Waals surface area contributed by atoms with Gasteiger partial charge in [0, 0.05) is 31.2 Å². The number of nitrogens with one attached hydrogen (secondary N) is 2. The number of halogens is 1. The summed E-state index contributed by atoms with van der Waals surface area (Å²) in [6, 6.07) is 4.07. The first-order chi connectivity index (χ1) is 14.0. The average molecular weight is 421 g/mol. The van der Waals surface area contributed by atoms with E-state index >= 15 is 0 Å². The summed E-state index contributed by atoms with van der Waals surface area (Å²) in [4.78, 5) is 26.6. The van der Waals surface area contributed by atoms with Crippen molar-refractivity contribution in [1.82, 2.24) is 5.32 Å². The molecule has 1 aromatic heterocycles. The Morgan fingerprint density at radius 1 is 1.17 bits per heavy atom. The monoisotopic (exact) mass is 420 g/mol. The predicted molar refractivity (Wildman–Crippen MR) is 111 cm³/mol. The summed E-state index contributed by atoms with van der Waals surface area (Å²) in [6.07, 6.45) is 4.46. The molecule has 0 aliphatic heterocycles. The van der Waals surface area contributed by atoms with E-state index in [2.05, 4.69) is 10.6 Å². The van der Waals surface area contributed by atoms with Crippen LogP contribution in [0.2, 0.25) is 0 Å². The second kappa shape index (κ2) is 9.84. The van der Waals surface area contributed by atoms with Crippen molar-refractivity contribution in [3.8, 4) is 5.75 Å². The molecule has 1 heterocycles. The lowest BCUT2D eigenvalue weighted by molar-refractivity contribution is 0.0948. The lowest BCUT2D eigenvalue weighted by Crippen LogP contribution is -2.27. The minimum absolute atomic E-state index is 0.0939. The molecule has 0 radical (unpaired) electrons. The number of hydrogen-bond donors (Lipinski definition) is 2. The molecular weight excluding hydrogens is 395 g/mol. The van der Waals surface area contributed by atoms with E-state index in [0.29, 0.717) is 35.9 Å². The van der Waals surface area contributed by atoms with Crippen LogP contribution in [0.3, 0.4) is 0 Å². The highest BCUT2D eigenvalue weighted by atomic mass is 32.1. The van der Waals surface area contributed by atoms with Crippen LogP contribution in [0, 0.1) is 5.82 Å². The van der Waals surface area contributed by atoms with Gasteiger partial charge in [-0.05, 0) is 49.8 Å². The van der Waals surface area contributed by atoms with Crippen molar-refractivity contribution in [2.75, 3.05) is 32.7 Å². The number of ether oxygens (including phenoxy) is 2. The number of hydrogen-bond acceptors (Lipinski definition) is 5. The maximum atomic E-state index is 14.3. The molecule has 0 fully saturated rings. The maximum absolute atomic E-state index is 14.3. The van der Waals surface area contributed by atoms with Crippen LogP contribution in [-0.4, -0.2) is 39.2 Å². The minimum Gasteiger partial charge on any atom is -0.497 e. The molecule has 29 heavy (non-hydrogen) atoms. The Morgan fingerprint density at radius 2 is 1.97 bits per heavy atom. The van der Waals surface area contributed by atoms with E-state index in [1.165, 1.54) is 30.6 Å². The van der Waals surface area contributed by atoms with E-state index in [0.717, 1.165) is 42.2 Å². The van der Waals surface area contributed by atoms with Gasteiger partial charge in [-0.1, -0.05) is 0 Å². The van der Waals surface area contributed by atoms with Crippen LogP contribution >= 0.6 is 11.3 Å². The highest BCUT2D eigenvalue weighted by molar-refractivity contribution is 7.17. The van der Waals surface area contributed by atoms with Gasteiger partial charge in [-0.15, -0.1) is 11.3 Å². The van der Waals surface area contributed by atoms with Crippen LogP contribution < -0.4 is 15.4 Å². The molecule has 8 heteroatoms. The summed E-state index contributed by atoms with van der Waals surface area (Å²) in [5.74, 6) is -1.14. The zero-order valence-electron chi connectivity index (χ0n) is 16.6. The Balaban J connectivity index is 1.83. The number of thiophene rings is 1. The predicted octanol–water partition coefficient (Wildman–Crippen LogP) is 3.79. The van der Waals surface area contributed by atoms with Crippen LogP contribution in [0.5, 0.6) is 5.75 Å². The molecule has 1 aromatic carbocycles. The number of carbonyl (C=O) groups excluding carboxylic acids is 2. The number of fused-ring (bicyclic) bond motifs is 1. The zero-order valence-corrected chi connectivity index (χ0v) is 17.4. The van der Waals surface area contributed by atoms with Gasteiger partial charge in [0.1, 0.15) is 16.6 Å². The summed E-state index contributed by atoms with van der Waals surface area (Å²) < 4.78 is 24.3. The SMILES string of the molecule is COCCCNC(=O)c1c(NC(=O)c2ccc(OC)cc2F)sc2c1CCCC2. The van der Waals surface area contributed by atoms with Gasteiger partial charge < -0.3 is 20.1 Å². The molecule has 3 rings (SSSR count). The van der Waals surface area contributed by atoms with Crippen molar-refractivity contribution >= 4 is 28.2 Å². The van der Waals surface area contributed by atoms with Gasteiger partial charge in [0.2, 0.25) is 0 Å². The third kappa shape index (κ3) is 4.94. The van der Waals surface area contributed by atoms with Crippen LogP contribution in [0.4, 0.5) is 9.39 Å². The second-order valence-electron chi connectivity index (χ2n) is 6.82. The number of amides is 2.